The first kappa shape index (κ1) is 14.7. The number of nitrogens with zero attached hydrogens (tertiary/aromatic N) is 1. The summed E-state index contributed by atoms with van der Waals surface area (Å²) in [5.74, 6) is 0.0299. The molecule has 0 saturated carbocycles. The van der Waals surface area contributed by atoms with E-state index in [-0.39, 0.29) is 17.2 Å². The van der Waals surface area contributed by atoms with Crippen molar-refractivity contribution in [3.63, 3.8) is 0 Å². The molecule has 0 unspecified atom stereocenters. The zero-order valence-corrected chi connectivity index (χ0v) is 13.0. The van der Waals surface area contributed by atoms with E-state index in [1.807, 2.05) is 0 Å². The van der Waals surface area contributed by atoms with Gasteiger partial charge < -0.3 is 10.2 Å². The number of hydrogen-bond acceptors (Lipinski definition) is 2. The molecule has 1 aromatic carbocycles. The molecule has 2 aliphatic rings. The van der Waals surface area contributed by atoms with Crippen molar-refractivity contribution in [3.8, 4) is 0 Å². The van der Waals surface area contributed by atoms with Gasteiger partial charge in [0.15, 0.2) is 0 Å². The fraction of sp³-hybridized carbons (Fsp3) is 0.467. The van der Waals surface area contributed by atoms with E-state index in [9.17, 15) is 9.59 Å². The van der Waals surface area contributed by atoms with Gasteiger partial charge in [0.25, 0.3) is 5.91 Å². The van der Waals surface area contributed by atoms with E-state index in [2.05, 4.69) is 5.32 Å². The summed E-state index contributed by atoms with van der Waals surface area (Å²) in [4.78, 5) is 25.7. The van der Waals surface area contributed by atoms with Crippen LogP contribution < -0.4 is 5.32 Å². The van der Waals surface area contributed by atoms with E-state index in [0.29, 0.717) is 35.1 Å². The number of hydrogen-bond donors (Lipinski definition) is 1. The van der Waals surface area contributed by atoms with Crippen molar-refractivity contribution in [2.24, 2.45) is 5.41 Å². The SMILES string of the molecule is O=C1CC2(CCN(C(=O)c3cc(Cl)ccc3Cl)CC2)CN1. The van der Waals surface area contributed by atoms with Crippen LogP contribution in [0.5, 0.6) is 0 Å². The zero-order valence-electron chi connectivity index (χ0n) is 11.5. The first-order valence-electron chi connectivity index (χ1n) is 7.00. The van der Waals surface area contributed by atoms with Gasteiger partial charge in [-0.25, -0.2) is 0 Å². The second-order valence-electron chi connectivity index (χ2n) is 5.87. The van der Waals surface area contributed by atoms with Crippen LogP contribution in [0, 0.1) is 5.41 Å². The van der Waals surface area contributed by atoms with Crippen LogP contribution in [0.4, 0.5) is 0 Å². The predicted octanol–water partition coefficient (Wildman–Crippen LogP) is 2.74. The summed E-state index contributed by atoms with van der Waals surface area (Å²) in [6.07, 6.45) is 2.26. The van der Waals surface area contributed by atoms with Crippen molar-refractivity contribution in [3.05, 3.63) is 33.8 Å². The third kappa shape index (κ3) is 2.87. The van der Waals surface area contributed by atoms with Gasteiger partial charge in [0.05, 0.1) is 10.6 Å². The van der Waals surface area contributed by atoms with E-state index < -0.39 is 0 Å². The Kier molecular flexibility index (Phi) is 3.84. The molecule has 1 N–H and O–H groups in total. The molecule has 0 bridgehead atoms. The van der Waals surface area contributed by atoms with E-state index in [0.717, 1.165) is 19.4 Å². The Balaban J connectivity index is 1.70. The van der Waals surface area contributed by atoms with Crippen LogP contribution in [0.15, 0.2) is 18.2 Å². The molecular weight excluding hydrogens is 311 g/mol. The Hall–Kier alpha value is -1.26. The Morgan fingerprint density at radius 2 is 1.95 bits per heavy atom. The van der Waals surface area contributed by atoms with Gasteiger partial charge in [-0.3, -0.25) is 9.59 Å². The molecule has 0 aliphatic carbocycles. The normalized spacial score (nSPS) is 20.7. The predicted molar refractivity (Wildman–Crippen MR) is 81.7 cm³/mol. The van der Waals surface area contributed by atoms with Gasteiger partial charge in [-0.2, -0.15) is 0 Å². The van der Waals surface area contributed by atoms with E-state index in [1.165, 1.54) is 0 Å². The first-order chi connectivity index (χ1) is 9.99. The topological polar surface area (TPSA) is 49.4 Å². The Morgan fingerprint density at radius 1 is 1.24 bits per heavy atom. The van der Waals surface area contributed by atoms with E-state index >= 15 is 0 Å². The molecule has 21 heavy (non-hydrogen) atoms. The zero-order chi connectivity index (χ0) is 15.0. The molecule has 1 spiro atoms. The molecule has 4 nitrogen and oxygen atoms in total. The third-order valence-corrected chi connectivity index (χ3v) is 5.03. The van der Waals surface area contributed by atoms with E-state index in [4.69, 9.17) is 23.2 Å². The van der Waals surface area contributed by atoms with Crippen molar-refractivity contribution in [1.82, 2.24) is 10.2 Å². The largest absolute Gasteiger partial charge is 0.356 e. The van der Waals surface area contributed by atoms with Crippen LogP contribution in [-0.2, 0) is 4.79 Å². The fourth-order valence-electron chi connectivity index (χ4n) is 3.12. The summed E-state index contributed by atoms with van der Waals surface area (Å²) in [6.45, 7) is 2.03. The van der Waals surface area contributed by atoms with Crippen LogP contribution in [-0.4, -0.2) is 36.3 Å². The molecule has 112 valence electrons. The smallest absolute Gasteiger partial charge is 0.255 e. The molecule has 0 atom stereocenters. The summed E-state index contributed by atoms with van der Waals surface area (Å²) in [5.41, 5.74) is 0.479. The maximum Gasteiger partial charge on any atom is 0.255 e. The average molecular weight is 327 g/mol. The molecule has 2 amide bonds. The van der Waals surface area contributed by atoms with Gasteiger partial charge in [-0.15, -0.1) is 0 Å². The van der Waals surface area contributed by atoms with Crippen molar-refractivity contribution in [2.75, 3.05) is 19.6 Å². The number of nitrogens with one attached hydrogen (secondary N) is 1. The maximum atomic E-state index is 12.5. The lowest BCUT2D eigenvalue weighted by molar-refractivity contribution is -0.119. The van der Waals surface area contributed by atoms with Crippen LogP contribution in [0.3, 0.4) is 0 Å². The molecule has 0 radical (unpaired) electrons. The Morgan fingerprint density at radius 3 is 2.57 bits per heavy atom. The van der Waals surface area contributed by atoms with Crippen molar-refractivity contribution in [1.29, 1.82) is 0 Å². The third-order valence-electron chi connectivity index (χ3n) is 4.47. The monoisotopic (exact) mass is 326 g/mol. The average Bonchev–Trinajstić information content (AvgIpc) is 2.83. The molecule has 2 saturated heterocycles. The maximum absolute atomic E-state index is 12.5. The lowest BCUT2D eigenvalue weighted by atomic mass is 9.77. The van der Waals surface area contributed by atoms with Gasteiger partial charge in [0.1, 0.15) is 0 Å². The summed E-state index contributed by atoms with van der Waals surface area (Å²) < 4.78 is 0. The summed E-state index contributed by atoms with van der Waals surface area (Å²) in [7, 11) is 0. The number of amides is 2. The van der Waals surface area contributed by atoms with Crippen molar-refractivity contribution >= 4 is 35.0 Å². The Bertz CT molecular complexity index is 595. The van der Waals surface area contributed by atoms with Gasteiger partial charge in [-0.1, -0.05) is 23.2 Å². The van der Waals surface area contributed by atoms with Crippen LogP contribution in [0.25, 0.3) is 0 Å². The minimum atomic E-state index is -0.0883. The molecule has 0 aromatic heterocycles. The summed E-state index contributed by atoms with van der Waals surface area (Å²) in [6, 6.07) is 4.92. The van der Waals surface area contributed by atoms with Crippen LogP contribution in [0.1, 0.15) is 29.6 Å². The quantitative estimate of drug-likeness (QED) is 0.862. The molecule has 3 rings (SSSR count). The minimum Gasteiger partial charge on any atom is -0.356 e. The summed E-state index contributed by atoms with van der Waals surface area (Å²) in [5, 5.41) is 3.81. The number of carbonyl (C=O) groups is 2. The minimum absolute atomic E-state index is 0.0337. The van der Waals surface area contributed by atoms with Gasteiger partial charge in [0, 0.05) is 31.1 Å². The highest BCUT2D eigenvalue weighted by Gasteiger charge is 2.41. The number of rotatable bonds is 1. The second-order valence-corrected chi connectivity index (χ2v) is 6.71. The number of benzene rings is 1. The van der Waals surface area contributed by atoms with Gasteiger partial charge in [-0.05, 0) is 36.5 Å². The standard InChI is InChI=1S/C15H16Cl2N2O2/c16-10-1-2-12(17)11(7-10)14(21)19-5-3-15(4-6-19)8-13(20)18-9-15/h1-2,7H,3-6,8-9H2,(H,18,20). The lowest BCUT2D eigenvalue weighted by Crippen LogP contribution is -2.44. The lowest BCUT2D eigenvalue weighted by Gasteiger charge is -2.38. The highest BCUT2D eigenvalue weighted by atomic mass is 35.5. The Labute approximate surface area is 133 Å². The number of carbonyl (C=O) groups excluding carboxylic acids is 2. The first-order valence-corrected chi connectivity index (χ1v) is 7.76. The molecular formula is C15H16Cl2N2O2. The number of likely N-dealkylation sites (tertiary alicyclic amines) is 1. The highest BCUT2D eigenvalue weighted by molar-refractivity contribution is 6.35. The van der Waals surface area contributed by atoms with Crippen LogP contribution >= 0.6 is 23.2 Å². The molecule has 2 fully saturated rings. The van der Waals surface area contributed by atoms with E-state index in [1.54, 1.807) is 23.1 Å². The van der Waals surface area contributed by atoms with Gasteiger partial charge >= 0.3 is 0 Å². The van der Waals surface area contributed by atoms with Crippen LogP contribution in [0.2, 0.25) is 10.0 Å². The van der Waals surface area contributed by atoms with Crippen molar-refractivity contribution in [2.45, 2.75) is 19.3 Å². The molecule has 6 heteroatoms. The van der Waals surface area contributed by atoms with Crippen molar-refractivity contribution < 1.29 is 9.59 Å². The molecule has 2 heterocycles. The van der Waals surface area contributed by atoms with Gasteiger partial charge in [0.2, 0.25) is 5.91 Å². The number of halogens is 2. The molecule has 2 aliphatic heterocycles. The summed E-state index contributed by atoms with van der Waals surface area (Å²) >= 11 is 12.0. The second kappa shape index (κ2) is 5.50. The fourth-order valence-corrected chi connectivity index (χ4v) is 3.49. The highest BCUT2D eigenvalue weighted by Crippen LogP contribution is 2.38. The number of piperidine rings is 1. The molecule has 1 aromatic rings.